The van der Waals surface area contributed by atoms with Gasteiger partial charge in [-0.3, -0.25) is 0 Å². The molecule has 0 aromatic heterocycles. The van der Waals surface area contributed by atoms with Gasteiger partial charge in [0.2, 0.25) is 7.71 Å². The summed E-state index contributed by atoms with van der Waals surface area (Å²) in [5.74, 6) is 0. The molecule has 0 aliphatic heterocycles. The lowest BCUT2D eigenvalue weighted by atomic mass is 10.0. The lowest BCUT2D eigenvalue weighted by Crippen LogP contribution is -3.00. The van der Waals surface area contributed by atoms with Gasteiger partial charge in [-0.2, -0.15) is 14.0 Å². The van der Waals surface area contributed by atoms with Crippen molar-refractivity contribution in [2.24, 2.45) is 0 Å². The van der Waals surface area contributed by atoms with Crippen molar-refractivity contribution in [2.75, 3.05) is 48.4 Å². The first-order chi connectivity index (χ1) is 12.4. The Morgan fingerprint density at radius 3 is 0.963 bits per heavy atom. The molecular weight excluding hydrogens is 373 g/mol. The molecule has 0 fully saturated rings. The maximum Gasteiger partial charge on any atom is 0.225 e. The van der Waals surface area contributed by atoms with Crippen LogP contribution in [0.5, 0.6) is 0 Å². The van der Waals surface area contributed by atoms with E-state index >= 15 is 0 Å². The van der Waals surface area contributed by atoms with E-state index in [0.29, 0.717) is 0 Å². The lowest BCUT2D eigenvalue weighted by molar-refractivity contribution is -0.00000603. The molecule has 0 bridgehead atoms. The third-order valence-corrected chi connectivity index (χ3v) is 10.5. The molecule has 0 rings (SSSR count). The summed E-state index contributed by atoms with van der Waals surface area (Å²) >= 11 is 0. The molecule has 0 atom stereocenters. The smallest absolute Gasteiger partial charge is 0.225 e. The van der Waals surface area contributed by atoms with Gasteiger partial charge in [-0.15, -0.1) is 0 Å². The monoisotopic (exact) mass is 423 g/mol. The van der Waals surface area contributed by atoms with E-state index in [9.17, 15) is 0 Å². The molecule has 0 aromatic carbocycles. The SMILES string of the molecule is CCCCCCCCCCCCCCCC[P+](N(C)C)(N(C)C)N(C)C.[Cl-]. The zero-order chi connectivity index (χ0) is 19.8. The molecule has 0 amide bonds. The molecule has 0 aliphatic carbocycles. The van der Waals surface area contributed by atoms with Crippen LogP contribution in [-0.2, 0) is 0 Å². The highest BCUT2D eigenvalue weighted by Crippen LogP contribution is 2.63. The first kappa shape index (κ1) is 29.8. The van der Waals surface area contributed by atoms with Crippen LogP contribution in [0.25, 0.3) is 0 Å². The van der Waals surface area contributed by atoms with Crippen molar-refractivity contribution in [1.82, 2.24) is 14.0 Å². The molecule has 166 valence electrons. The molecule has 0 spiro atoms. The van der Waals surface area contributed by atoms with Gasteiger partial charge in [0, 0.05) is 42.3 Å². The number of nitrogens with zero attached hydrogens (tertiary/aromatic N) is 3. The van der Waals surface area contributed by atoms with E-state index in [2.05, 4.69) is 63.2 Å². The zero-order valence-corrected chi connectivity index (χ0v) is 21.4. The van der Waals surface area contributed by atoms with Gasteiger partial charge in [0.25, 0.3) is 0 Å². The maximum absolute atomic E-state index is 2.47. The quantitative estimate of drug-likeness (QED) is 0.244. The van der Waals surface area contributed by atoms with Crippen molar-refractivity contribution in [3.8, 4) is 0 Å². The molecule has 0 aliphatic rings. The van der Waals surface area contributed by atoms with Crippen molar-refractivity contribution in [3.05, 3.63) is 0 Å². The predicted octanol–water partition coefficient (Wildman–Crippen LogP) is 3.92. The Morgan fingerprint density at radius 2 is 0.704 bits per heavy atom. The third-order valence-electron chi connectivity index (χ3n) is 5.73. The van der Waals surface area contributed by atoms with Gasteiger partial charge in [0.05, 0.1) is 0 Å². The van der Waals surface area contributed by atoms with Crippen molar-refractivity contribution in [1.29, 1.82) is 0 Å². The molecule has 0 aromatic rings. The number of halogens is 1. The second kappa shape index (κ2) is 18.6. The Bertz CT molecular complexity index is 290. The van der Waals surface area contributed by atoms with Crippen molar-refractivity contribution >= 4 is 7.71 Å². The first-order valence-corrected chi connectivity index (χ1v) is 13.1. The number of rotatable bonds is 18. The minimum atomic E-state index is -1.30. The van der Waals surface area contributed by atoms with Crippen molar-refractivity contribution < 1.29 is 12.4 Å². The maximum atomic E-state index is 2.47. The summed E-state index contributed by atoms with van der Waals surface area (Å²) in [4.78, 5) is 0. The minimum Gasteiger partial charge on any atom is -1.00 e. The van der Waals surface area contributed by atoms with Crippen LogP contribution < -0.4 is 12.4 Å². The predicted molar refractivity (Wildman–Crippen MR) is 123 cm³/mol. The molecule has 0 heterocycles. The fourth-order valence-electron chi connectivity index (χ4n) is 4.19. The second-order valence-corrected chi connectivity index (χ2v) is 12.8. The molecule has 5 heteroatoms. The van der Waals surface area contributed by atoms with E-state index in [4.69, 9.17) is 0 Å². The van der Waals surface area contributed by atoms with Crippen molar-refractivity contribution in [2.45, 2.75) is 96.8 Å². The average molecular weight is 424 g/mol. The highest BCUT2D eigenvalue weighted by Gasteiger charge is 2.46. The zero-order valence-electron chi connectivity index (χ0n) is 19.8. The van der Waals surface area contributed by atoms with Crippen LogP contribution in [0.4, 0.5) is 0 Å². The molecular formula is C22H51ClN3P. The molecule has 0 unspecified atom stereocenters. The van der Waals surface area contributed by atoms with Crippen LogP contribution in [0, 0.1) is 0 Å². The molecule has 0 saturated carbocycles. The van der Waals surface area contributed by atoms with E-state index in [1.807, 2.05) is 0 Å². The summed E-state index contributed by atoms with van der Waals surface area (Å²) < 4.78 is 7.40. The molecule has 3 nitrogen and oxygen atoms in total. The molecule has 0 N–H and O–H groups in total. The summed E-state index contributed by atoms with van der Waals surface area (Å²) in [6.07, 6.45) is 21.4. The summed E-state index contributed by atoms with van der Waals surface area (Å²) in [6.45, 7) is 2.30. The summed E-state index contributed by atoms with van der Waals surface area (Å²) in [5.41, 5.74) is 0. The number of hydrogen-bond donors (Lipinski definition) is 0. The van der Waals surface area contributed by atoms with Crippen LogP contribution in [0.3, 0.4) is 0 Å². The fraction of sp³-hybridized carbons (Fsp3) is 1.00. The van der Waals surface area contributed by atoms with Gasteiger partial charge in [-0.1, -0.05) is 84.0 Å². The minimum absolute atomic E-state index is 0. The third kappa shape index (κ3) is 12.7. The normalized spacial score (nSPS) is 12.2. The Hall–Kier alpha value is 0.600. The van der Waals surface area contributed by atoms with E-state index in [1.54, 1.807) is 0 Å². The largest absolute Gasteiger partial charge is 1.00 e. The average Bonchev–Trinajstić information content (AvgIpc) is 2.57. The summed E-state index contributed by atoms with van der Waals surface area (Å²) in [7, 11) is 12.2. The van der Waals surface area contributed by atoms with E-state index < -0.39 is 7.71 Å². The molecule has 0 saturated heterocycles. The fourth-order valence-corrected chi connectivity index (χ4v) is 8.19. The van der Waals surface area contributed by atoms with Gasteiger partial charge in [-0.05, 0) is 12.8 Å². The Labute approximate surface area is 179 Å². The van der Waals surface area contributed by atoms with Gasteiger partial charge in [-0.25, -0.2) is 0 Å². The standard InChI is InChI=1S/C22H51N3P.ClH/c1-8-9-10-11-12-13-14-15-16-17-18-19-20-21-22-26(23(2)3,24(4)5)25(6)7;/h8-22H2,1-7H3;1H/q+1;/p-1. The van der Waals surface area contributed by atoms with Crippen LogP contribution in [0.15, 0.2) is 0 Å². The van der Waals surface area contributed by atoms with Crippen LogP contribution in [0.2, 0.25) is 0 Å². The Kier molecular flexibility index (Phi) is 20.5. The molecule has 27 heavy (non-hydrogen) atoms. The van der Waals surface area contributed by atoms with Crippen molar-refractivity contribution in [3.63, 3.8) is 0 Å². The lowest BCUT2D eigenvalue weighted by Gasteiger charge is -2.40. The number of hydrogen-bond acceptors (Lipinski definition) is 3. The number of unbranched alkanes of at least 4 members (excludes halogenated alkanes) is 13. The Morgan fingerprint density at radius 1 is 0.444 bits per heavy atom. The second-order valence-electron chi connectivity index (χ2n) is 8.55. The van der Waals surface area contributed by atoms with E-state index in [1.165, 1.54) is 96.1 Å². The van der Waals surface area contributed by atoms with Gasteiger partial charge >= 0.3 is 0 Å². The highest BCUT2D eigenvalue weighted by molar-refractivity contribution is 7.68. The van der Waals surface area contributed by atoms with E-state index in [-0.39, 0.29) is 12.4 Å². The van der Waals surface area contributed by atoms with Crippen LogP contribution in [0.1, 0.15) is 96.8 Å². The Balaban J connectivity index is 0. The molecule has 0 radical (unpaired) electrons. The van der Waals surface area contributed by atoms with E-state index in [0.717, 1.165) is 0 Å². The highest BCUT2D eigenvalue weighted by atomic mass is 35.5. The van der Waals surface area contributed by atoms with Gasteiger partial charge in [0.15, 0.2) is 0 Å². The summed E-state index contributed by atoms with van der Waals surface area (Å²) in [6, 6.07) is 0. The van der Waals surface area contributed by atoms with Crippen LogP contribution >= 0.6 is 7.71 Å². The van der Waals surface area contributed by atoms with Gasteiger partial charge < -0.3 is 12.4 Å². The summed E-state index contributed by atoms with van der Waals surface area (Å²) in [5, 5.41) is 0. The first-order valence-electron chi connectivity index (χ1n) is 11.3. The topological polar surface area (TPSA) is 9.72 Å². The van der Waals surface area contributed by atoms with Gasteiger partial charge in [0.1, 0.15) is 6.16 Å². The van der Waals surface area contributed by atoms with Crippen LogP contribution in [-0.4, -0.2) is 62.5 Å².